The molecule has 0 unspecified atom stereocenters. The fourth-order valence-electron chi connectivity index (χ4n) is 1.48. The molecule has 0 radical (unpaired) electrons. The first kappa shape index (κ1) is 11.4. The van der Waals surface area contributed by atoms with Crippen molar-refractivity contribution in [3.05, 3.63) is 27.7 Å². The zero-order valence-corrected chi connectivity index (χ0v) is 10.5. The summed E-state index contributed by atoms with van der Waals surface area (Å²) >= 11 is 9.24. The zero-order valence-electron chi connectivity index (χ0n) is 8.17. The summed E-state index contributed by atoms with van der Waals surface area (Å²) in [5.41, 5.74) is 0.618. The Morgan fingerprint density at radius 1 is 1.38 bits per heavy atom. The van der Waals surface area contributed by atoms with E-state index in [1.54, 1.807) is 18.2 Å². The van der Waals surface area contributed by atoms with Gasteiger partial charge in [0.05, 0.1) is 21.7 Å². The Hall–Kier alpha value is -1.07. The third-order valence-corrected chi connectivity index (χ3v) is 3.64. The number of anilines is 1. The molecule has 0 saturated carbocycles. The maximum absolute atomic E-state index is 11.7. The molecule has 1 aliphatic heterocycles. The summed E-state index contributed by atoms with van der Waals surface area (Å²) in [7, 11) is 0. The van der Waals surface area contributed by atoms with Crippen LogP contribution in [0.3, 0.4) is 0 Å². The number of rotatable bonds is 1. The second-order valence-corrected chi connectivity index (χ2v) is 4.53. The smallest absolute Gasteiger partial charge is 0.246 e. The minimum Gasteiger partial charge on any atom is -0.345 e. The van der Waals surface area contributed by atoms with E-state index in [1.165, 1.54) is 4.90 Å². The molecule has 4 nitrogen and oxygen atoms in total. The molecular weight excluding hydrogens is 295 g/mol. The van der Waals surface area contributed by atoms with Gasteiger partial charge in [-0.15, -0.1) is 0 Å². The summed E-state index contributed by atoms with van der Waals surface area (Å²) in [5.74, 6) is -0.325. The summed E-state index contributed by atoms with van der Waals surface area (Å²) in [5, 5.41) is 3.00. The third-order valence-electron chi connectivity index (χ3n) is 2.26. The predicted octanol–water partition coefficient (Wildman–Crippen LogP) is 1.57. The van der Waals surface area contributed by atoms with Crippen molar-refractivity contribution in [1.82, 2.24) is 5.32 Å². The van der Waals surface area contributed by atoms with Gasteiger partial charge in [-0.05, 0) is 28.1 Å². The van der Waals surface area contributed by atoms with Gasteiger partial charge < -0.3 is 10.2 Å². The van der Waals surface area contributed by atoms with Crippen LogP contribution < -0.4 is 10.2 Å². The first-order chi connectivity index (χ1) is 7.59. The predicted molar refractivity (Wildman–Crippen MR) is 64.5 cm³/mol. The Morgan fingerprint density at radius 3 is 2.88 bits per heavy atom. The maximum atomic E-state index is 11.7. The number of amides is 2. The number of hydrogen-bond donors (Lipinski definition) is 1. The lowest BCUT2D eigenvalue weighted by molar-refractivity contribution is -0.128. The third kappa shape index (κ3) is 2.05. The van der Waals surface area contributed by atoms with E-state index in [4.69, 9.17) is 11.6 Å². The minimum absolute atomic E-state index is 0.0256. The summed E-state index contributed by atoms with van der Waals surface area (Å²) in [6.07, 6.45) is 0. The molecule has 1 aromatic carbocycles. The van der Waals surface area contributed by atoms with E-state index in [0.717, 1.165) is 0 Å². The highest BCUT2D eigenvalue weighted by atomic mass is 79.9. The van der Waals surface area contributed by atoms with Crippen molar-refractivity contribution >= 4 is 45.0 Å². The van der Waals surface area contributed by atoms with Crippen molar-refractivity contribution in [1.29, 1.82) is 0 Å². The number of nitrogens with one attached hydrogen (secondary N) is 1. The topological polar surface area (TPSA) is 49.4 Å². The number of carbonyl (C=O) groups is 2. The highest BCUT2D eigenvalue weighted by Crippen LogP contribution is 2.33. The number of halogens is 2. The number of benzene rings is 1. The van der Waals surface area contributed by atoms with Gasteiger partial charge in [-0.1, -0.05) is 17.7 Å². The molecular formula is C10H8BrClN2O2. The van der Waals surface area contributed by atoms with Crippen molar-refractivity contribution in [3.8, 4) is 0 Å². The van der Waals surface area contributed by atoms with Crippen LogP contribution in [0.25, 0.3) is 0 Å². The van der Waals surface area contributed by atoms with Crippen molar-refractivity contribution < 1.29 is 9.59 Å². The van der Waals surface area contributed by atoms with Gasteiger partial charge in [-0.25, -0.2) is 0 Å². The second kappa shape index (κ2) is 4.43. The molecule has 1 aliphatic rings. The molecule has 0 atom stereocenters. The molecule has 0 aromatic heterocycles. The van der Waals surface area contributed by atoms with Crippen LogP contribution in [-0.4, -0.2) is 24.9 Å². The number of hydrogen-bond acceptors (Lipinski definition) is 2. The molecule has 0 spiro atoms. The summed E-state index contributed by atoms with van der Waals surface area (Å²) in [6.45, 7) is 0.0512. The van der Waals surface area contributed by atoms with Gasteiger partial charge in [0.2, 0.25) is 11.8 Å². The monoisotopic (exact) mass is 302 g/mol. The molecule has 1 fully saturated rings. The van der Waals surface area contributed by atoms with E-state index in [-0.39, 0.29) is 24.9 Å². The first-order valence-electron chi connectivity index (χ1n) is 4.60. The van der Waals surface area contributed by atoms with Crippen LogP contribution in [0.5, 0.6) is 0 Å². The molecule has 0 bridgehead atoms. The molecule has 1 heterocycles. The Balaban J connectivity index is 2.39. The van der Waals surface area contributed by atoms with Gasteiger partial charge >= 0.3 is 0 Å². The fourth-order valence-corrected chi connectivity index (χ4v) is 2.13. The van der Waals surface area contributed by atoms with Gasteiger partial charge in [0.15, 0.2) is 0 Å². The average molecular weight is 304 g/mol. The Morgan fingerprint density at radius 2 is 2.12 bits per heavy atom. The summed E-state index contributed by atoms with van der Waals surface area (Å²) < 4.78 is 0.625. The Kier molecular flexibility index (Phi) is 3.16. The van der Waals surface area contributed by atoms with Gasteiger partial charge in [-0.3, -0.25) is 9.59 Å². The number of piperazine rings is 1. The van der Waals surface area contributed by atoms with E-state index >= 15 is 0 Å². The van der Waals surface area contributed by atoms with Gasteiger partial charge in [0.25, 0.3) is 0 Å². The zero-order chi connectivity index (χ0) is 11.7. The lowest BCUT2D eigenvalue weighted by Gasteiger charge is -2.27. The molecule has 84 valence electrons. The molecule has 1 aromatic rings. The van der Waals surface area contributed by atoms with Crippen LogP contribution >= 0.6 is 27.5 Å². The van der Waals surface area contributed by atoms with E-state index in [1.807, 2.05) is 0 Å². The van der Waals surface area contributed by atoms with Gasteiger partial charge in [0, 0.05) is 0 Å². The van der Waals surface area contributed by atoms with Crippen LogP contribution in [-0.2, 0) is 9.59 Å². The van der Waals surface area contributed by atoms with Crippen LogP contribution in [0.4, 0.5) is 5.69 Å². The van der Waals surface area contributed by atoms with Gasteiger partial charge in [0.1, 0.15) is 6.54 Å². The summed E-state index contributed by atoms with van der Waals surface area (Å²) in [6, 6.07) is 5.19. The summed E-state index contributed by atoms with van der Waals surface area (Å²) in [4.78, 5) is 24.3. The average Bonchev–Trinajstić information content (AvgIpc) is 2.26. The quantitative estimate of drug-likeness (QED) is 0.856. The normalized spacial score (nSPS) is 16.2. The van der Waals surface area contributed by atoms with Crippen LogP contribution in [0.15, 0.2) is 22.7 Å². The standard InChI is InChI=1S/C10H8BrClN2O2/c11-10-6(12)2-1-3-7(10)14-5-8(15)13-4-9(14)16/h1-3H,4-5H2,(H,13,15). The number of nitrogens with zero attached hydrogens (tertiary/aromatic N) is 1. The Labute approximate surface area is 106 Å². The fraction of sp³-hybridized carbons (Fsp3) is 0.200. The second-order valence-electron chi connectivity index (χ2n) is 3.33. The van der Waals surface area contributed by atoms with Crippen LogP contribution in [0.2, 0.25) is 5.02 Å². The van der Waals surface area contributed by atoms with Gasteiger partial charge in [-0.2, -0.15) is 0 Å². The molecule has 16 heavy (non-hydrogen) atoms. The SMILES string of the molecule is O=C1CN(c2cccc(Cl)c2Br)C(=O)CN1. The molecule has 2 rings (SSSR count). The molecule has 6 heteroatoms. The minimum atomic E-state index is -0.175. The molecule has 0 aliphatic carbocycles. The highest BCUT2D eigenvalue weighted by molar-refractivity contribution is 9.10. The lowest BCUT2D eigenvalue weighted by atomic mass is 10.2. The molecule has 1 saturated heterocycles. The molecule has 1 N–H and O–H groups in total. The lowest BCUT2D eigenvalue weighted by Crippen LogP contribution is -2.51. The number of carbonyl (C=O) groups excluding carboxylic acids is 2. The Bertz CT molecular complexity index is 464. The van der Waals surface area contributed by atoms with E-state index in [9.17, 15) is 9.59 Å². The first-order valence-corrected chi connectivity index (χ1v) is 5.78. The van der Waals surface area contributed by atoms with Crippen LogP contribution in [0, 0.1) is 0 Å². The largest absolute Gasteiger partial charge is 0.345 e. The highest BCUT2D eigenvalue weighted by Gasteiger charge is 2.26. The van der Waals surface area contributed by atoms with Crippen molar-refractivity contribution in [2.24, 2.45) is 0 Å². The van der Waals surface area contributed by atoms with Crippen molar-refractivity contribution in [2.45, 2.75) is 0 Å². The van der Waals surface area contributed by atoms with E-state index in [2.05, 4.69) is 21.2 Å². The van der Waals surface area contributed by atoms with E-state index in [0.29, 0.717) is 15.2 Å². The van der Waals surface area contributed by atoms with Crippen LogP contribution in [0.1, 0.15) is 0 Å². The molecule has 2 amide bonds. The maximum Gasteiger partial charge on any atom is 0.246 e. The van der Waals surface area contributed by atoms with E-state index < -0.39 is 0 Å². The van der Waals surface area contributed by atoms with Crippen molar-refractivity contribution in [3.63, 3.8) is 0 Å². The van der Waals surface area contributed by atoms with Crippen molar-refractivity contribution in [2.75, 3.05) is 18.0 Å².